The van der Waals surface area contributed by atoms with Gasteiger partial charge in [-0.25, -0.2) is 4.39 Å². The Bertz CT molecular complexity index is 715. The van der Waals surface area contributed by atoms with E-state index >= 15 is 0 Å². The highest BCUT2D eigenvalue weighted by Crippen LogP contribution is 2.48. The van der Waals surface area contributed by atoms with Crippen LogP contribution in [0.3, 0.4) is 0 Å². The minimum atomic E-state index is -0.483. The quantitative estimate of drug-likeness (QED) is 0.654. The molecule has 0 radical (unpaired) electrons. The molecule has 128 valence electrons. The number of fused-ring (bicyclic) bond motifs is 1. The highest BCUT2D eigenvalue weighted by Gasteiger charge is 2.50. The number of likely N-dealkylation sites (tertiary alicyclic amines) is 1. The minimum Gasteiger partial charge on any atom is -0.281 e. The van der Waals surface area contributed by atoms with Crippen molar-refractivity contribution in [2.45, 2.75) is 12.5 Å². The lowest BCUT2D eigenvalue weighted by molar-refractivity contribution is 0.325. The zero-order valence-corrected chi connectivity index (χ0v) is 16.5. The monoisotopic (exact) mass is 428 g/mol. The van der Waals surface area contributed by atoms with Gasteiger partial charge in [0.15, 0.2) is 5.83 Å². The molecule has 0 aliphatic carbocycles. The zero-order valence-electron chi connectivity index (χ0n) is 13.3. The second kappa shape index (κ2) is 7.59. The fourth-order valence-electron chi connectivity index (χ4n) is 3.19. The van der Waals surface area contributed by atoms with Crippen molar-refractivity contribution in [3.63, 3.8) is 0 Å². The van der Waals surface area contributed by atoms with E-state index in [1.54, 1.807) is 11.3 Å². The molecule has 0 bridgehead atoms. The maximum Gasteiger partial charge on any atom is 0.159 e. The van der Waals surface area contributed by atoms with Gasteiger partial charge >= 0.3 is 0 Å². The van der Waals surface area contributed by atoms with Crippen molar-refractivity contribution >= 4 is 57.0 Å². The summed E-state index contributed by atoms with van der Waals surface area (Å²) in [5.41, 5.74) is -0.196. The molecule has 3 rings (SSSR count). The lowest BCUT2D eigenvalue weighted by Gasteiger charge is -2.34. The first kappa shape index (κ1) is 18.0. The molecule has 2 unspecified atom stereocenters. The highest BCUT2D eigenvalue weighted by molar-refractivity contribution is 9.10. The van der Waals surface area contributed by atoms with Gasteiger partial charge in [0.2, 0.25) is 0 Å². The summed E-state index contributed by atoms with van der Waals surface area (Å²) in [6.07, 6.45) is 2.26. The number of thioether (sulfide) groups is 1. The average Bonchev–Trinajstić information content (AvgIpc) is 3.11. The highest BCUT2D eigenvalue weighted by atomic mass is 79.9. The Labute approximate surface area is 157 Å². The number of allylic oxidation sites excluding steroid dienone is 1. The summed E-state index contributed by atoms with van der Waals surface area (Å²) >= 11 is 7.12. The molecule has 2 atom stereocenters. The molecule has 1 aromatic rings. The SMILES string of the molecule is C=N/C=C(F)\C=N/CN1CC2CSC(C)=NC2(c2cc(Br)cs2)C1. The number of rotatable bonds is 5. The predicted molar refractivity (Wildman–Crippen MR) is 106 cm³/mol. The number of halogens is 2. The van der Waals surface area contributed by atoms with E-state index in [2.05, 4.69) is 55.9 Å². The standard InChI is InChI=1S/C16H18BrFN4S2/c1-11-21-16(15-3-13(17)8-24-15)9-22(6-12(16)7-23-11)10-20-5-14(18)4-19-2/h3-5,8,12H,2,6-7,9-10H2,1H3/b14-4+,20-5-. The topological polar surface area (TPSA) is 40.3 Å². The molecule has 2 aliphatic rings. The summed E-state index contributed by atoms with van der Waals surface area (Å²) in [7, 11) is 0. The van der Waals surface area contributed by atoms with E-state index in [1.165, 1.54) is 11.1 Å². The van der Waals surface area contributed by atoms with Crippen LogP contribution in [-0.4, -0.2) is 48.4 Å². The molecule has 2 aliphatic heterocycles. The minimum absolute atomic E-state index is 0.196. The third-order valence-corrected chi connectivity index (χ3v) is 7.11. The van der Waals surface area contributed by atoms with Crippen molar-refractivity contribution in [1.29, 1.82) is 0 Å². The Kier molecular flexibility index (Phi) is 5.69. The maximum atomic E-state index is 13.3. The van der Waals surface area contributed by atoms with Gasteiger partial charge in [-0.05, 0) is 35.6 Å². The van der Waals surface area contributed by atoms with E-state index in [-0.39, 0.29) is 5.54 Å². The lowest BCUT2D eigenvalue weighted by Crippen LogP contribution is -2.37. The van der Waals surface area contributed by atoms with Crippen molar-refractivity contribution in [3.8, 4) is 0 Å². The van der Waals surface area contributed by atoms with Gasteiger partial charge in [-0.1, -0.05) is 0 Å². The molecule has 3 heterocycles. The first-order valence-corrected chi connectivity index (χ1v) is 10.2. The Morgan fingerprint density at radius 1 is 1.67 bits per heavy atom. The summed E-state index contributed by atoms with van der Waals surface area (Å²) in [5.74, 6) is 1.02. The van der Waals surface area contributed by atoms with Crippen LogP contribution in [0, 0.1) is 5.92 Å². The van der Waals surface area contributed by atoms with E-state index < -0.39 is 5.83 Å². The smallest absolute Gasteiger partial charge is 0.159 e. The molecule has 0 amide bonds. The molecule has 1 fully saturated rings. The Balaban J connectivity index is 1.80. The first-order chi connectivity index (χ1) is 11.5. The van der Waals surface area contributed by atoms with Crippen molar-refractivity contribution in [2.75, 3.05) is 25.5 Å². The number of aliphatic imine (C=N–C) groups is 3. The fourth-order valence-corrected chi connectivity index (χ4v) is 5.89. The van der Waals surface area contributed by atoms with Gasteiger partial charge in [-0.2, -0.15) is 0 Å². The van der Waals surface area contributed by atoms with E-state index in [1.807, 2.05) is 11.8 Å². The second-order valence-electron chi connectivity index (χ2n) is 5.85. The Morgan fingerprint density at radius 2 is 2.50 bits per heavy atom. The third-order valence-electron chi connectivity index (χ3n) is 4.17. The van der Waals surface area contributed by atoms with Gasteiger partial charge in [0.05, 0.1) is 24.1 Å². The zero-order chi connectivity index (χ0) is 17.2. The van der Waals surface area contributed by atoms with E-state index in [0.717, 1.165) is 34.6 Å². The van der Waals surface area contributed by atoms with E-state index in [4.69, 9.17) is 4.99 Å². The molecule has 0 N–H and O–H groups in total. The van der Waals surface area contributed by atoms with Gasteiger partial charge < -0.3 is 0 Å². The van der Waals surface area contributed by atoms with Crippen LogP contribution in [0.1, 0.15) is 11.8 Å². The number of thiophene rings is 1. The van der Waals surface area contributed by atoms with Crippen LogP contribution in [0.4, 0.5) is 4.39 Å². The largest absolute Gasteiger partial charge is 0.281 e. The van der Waals surface area contributed by atoms with Gasteiger partial charge in [0.25, 0.3) is 0 Å². The second-order valence-corrected chi connectivity index (χ2v) is 8.89. The summed E-state index contributed by atoms with van der Waals surface area (Å²) in [6, 6.07) is 2.18. The van der Waals surface area contributed by atoms with Crippen LogP contribution >= 0.6 is 39.0 Å². The van der Waals surface area contributed by atoms with Crippen molar-refractivity contribution in [3.05, 3.63) is 32.8 Å². The van der Waals surface area contributed by atoms with Gasteiger partial charge in [0.1, 0.15) is 5.54 Å². The Hall–Kier alpha value is -0.830. The molecule has 1 aromatic heterocycles. The van der Waals surface area contributed by atoms with Crippen LogP contribution < -0.4 is 0 Å². The van der Waals surface area contributed by atoms with Crippen LogP contribution in [0.5, 0.6) is 0 Å². The van der Waals surface area contributed by atoms with Crippen LogP contribution in [0.25, 0.3) is 0 Å². The van der Waals surface area contributed by atoms with Gasteiger partial charge in [-0.3, -0.25) is 19.9 Å². The average molecular weight is 429 g/mol. The Morgan fingerprint density at radius 3 is 3.21 bits per heavy atom. The first-order valence-electron chi connectivity index (χ1n) is 7.51. The van der Waals surface area contributed by atoms with Gasteiger partial charge in [0, 0.05) is 39.5 Å². The molecule has 24 heavy (non-hydrogen) atoms. The summed E-state index contributed by atoms with van der Waals surface area (Å²) in [4.78, 5) is 16.2. The van der Waals surface area contributed by atoms with Crippen molar-refractivity contribution < 1.29 is 4.39 Å². The van der Waals surface area contributed by atoms with Crippen LogP contribution in [0.2, 0.25) is 0 Å². The molecular weight excluding hydrogens is 411 g/mol. The van der Waals surface area contributed by atoms with Crippen molar-refractivity contribution in [1.82, 2.24) is 4.90 Å². The molecule has 0 spiro atoms. The van der Waals surface area contributed by atoms with Crippen LogP contribution in [0.15, 0.2) is 42.9 Å². The number of nitrogens with zero attached hydrogens (tertiary/aromatic N) is 4. The molecule has 8 heteroatoms. The number of hydrogen-bond donors (Lipinski definition) is 0. The van der Waals surface area contributed by atoms with E-state index in [0.29, 0.717) is 12.6 Å². The fraction of sp³-hybridized carbons (Fsp3) is 0.438. The number of hydrogen-bond acceptors (Lipinski definition) is 6. The van der Waals surface area contributed by atoms with Crippen LogP contribution in [-0.2, 0) is 5.54 Å². The molecule has 0 saturated carbocycles. The summed E-state index contributed by atoms with van der Waals surface area (Å²) < 4.78 is 14.4. The maximum absolute atomic E-state index is 13.3. The lowest BCUT2D eigenvalue weighted by atomic mass is 9.87. The molecule has 1 saturated heterocycles. The predicted octanol–water partition coefficient (Wildman–Crippen LogP) is 4.34. The molecular formula is C16H18BrFN4S2. The molecule has 0 aromatic carbocycles. The molecule has 4 nitrogen and oxygen atoms in total. The third kappa shape index (κ3) is 3.71. The summed E-state index contributed by atoms with van der Waals surface area (Å²) in [5, 5.41) is 3.24. The van der Waals surface area contributed by atoms with E-state index in [9.17, 15) is 4.39 Å². The van der Waals surface area contributed by atoms with Crippen molar-refractivity contribution in [2.24, 2.45) is 20.9 Å². The summed E-state index contributed by atoms with van der Waals surface area (Å²) in [6.45, 7) is 7.50. The van der Waals surface area contributed by atoms with Gasteiger partial charge in [-0.15, -0.1) is 23.1 Å². The normalized spacial score (nSPS) is 28.2.